The number of nitrogens with one attached hydrogen (secondary N) is 3. The van der Waals surface area contributed by atoms with E-state index in [-0.39, 0.29) is 6.54 Å². The van der Waals surface area contributed by atoms with Crippen molar-refractivity contribution < 1.29 is 14.6 Å². The number of aliphatic hydroxyl groups is 1. The molecule has 0 saturated heterocycles. The van der Waals surface area contributed by atoms with Crippen molar-refractivity contribution in [1.29, 1.82) is 0 Å². The maximum absolute atomic E-state index is 11.6. The van der Waals surface area contributed by atoms with Gasteiger partial charge in [0.25, 0.3) is 0 Å². The maximum atomic E-state index is 11.6. The third kappa shape index (κ3) is 7.36. The molecule has 154 valence electrons. The topological polar surface area (TPSA) is 95.0 Å². The first-order valence-corrected chi connectivity index (χ1v) is 10.3. The van der Waals surface area contributed by atoms with Crippen LogP contribution in [0.2, 0.25) is 0 Å². The first kappa shape index (κ1) is 22.0. The summed E-state index contributed by atoms with van der Waals surface area (Å²) in [5.41, 5.74) is -0.517. The minimum atomic E-state index is -0.659. The number of fused-ring (bicyclic) bond motifs is 1. The molecular formula is C20H30N4O3S. The van der Waals surface area contributed by atoms with Crippen molar-refractivity contribution in [2.75, 3.05) is 26.2 Å². The zero-order chi connectivity index (χ0) is 20.6. The summed E-state index contributed by atoms with van der Waals surface area (Å²) >= 11 is 1.58. The van der Waals surface area contributed by atoms with E-state index < -0.39 is 17.8 Å². The molecule has 28 heavy (non-hydrogen) atoms. The van der Waals surface area contributed by atoms with E-state index in [0.717, 1.165) is 15.0 Å². The Hall–Kier alpha value is -2.32. The number of aliphatic hydroxyl groups excluding tert-OH is 1. The monoisotopic (exact) mass is 406 g/mol. The lowest BCUT2D eigenvalue weighted by Crippen LogP contribution is -2.42. The minimum Gasteiger partial charge on any atom is -0.444 e. The predicted molar refractivity (Wildman–Crippen MR) is 115 cm³/mol. The Kier molecular flexibility index (Phi) is 8.07. The molecule has 0 bridgehead atoms. The summed E-state index contributed by atoms with van der Waals surface area (Å²) in [6.07, 6.45) is -1.11. The number of ether oxygens (including phenoxy) is 1. The molecule has 0 aliphatic heterocycles. The highest BCUT2D eigenvalue weighted by Crippen LogP contribution is 2.29. The van der Waals surface area contributed by atoms with Crippen molar-refractivity contribution in [2.45, 2.75) is 39.4 Å². The molecule has 2 aromatic rings. The SMILES string of the molecule is CCNC(=NCC(O)c1cc2ccccc2s1)NCCNC(=O)OC(C)(C)C. The van der Waals surface area contributed by atoms with Crippen LogP contribution in [0.5, 0.6) is 0 Å². The number of hydrogen-bond donors (Lipinski definition) is 4. The molecule has 1 unspecified atom stereocenters. The number of rotatable bonds is 7. The Morgan fingerprint density at radius 2 is 1.93 bits per heavy atom. The third-order valence-electron chi connectivity index (χ3n) is 3.63. The predicted octanol–water partition coefficient (Wildman–Crippen LogP) is 3.01. The van der Waals surface area contributed by atoms with Crippen LogP contribution in [-0.2, 0) is 4.74 Å². The van der Waals surface area contributed by atoms with E-state index in [4.69, 9.17) is 4.74 Å². The highest BCUT2D eigenvalue weighted by Gasteiger charge is 2.15. The fourth-order valence-corrected chi connectivity index (χ4v) is 3.48. The number of benzene rings is 1. The van der Waals surface area contributed by atoms with Gasteiger partial charge in [0.2, 0.25) is 0 Å². The number of alkyl carbamates (subject to hydrolysis) is 1. The van der Waals surface area contributed by atoms with Crippen molar-refractivity contribution in [1.82, 2.24) is 16.0 Å². The van der Waals surface area contributed by atoms with E-state index in [1.165, 1.54) is 0 Å². The van der Waals surface area contributed by atoms with Gasteiger partial charge in [0.05, 0.1) is 6.54 Å². The normalized spacial score (nSPS) is 13.2. The summed E-state index contributed by atoms with van der Waals surface area (Å²) in [5, 5.41) is 20.5. The van der Waals surface area contributed by atoms with Crippen LogP contribution in [0.15, 0.2) is 35.3 Å². The number of carbonyl (C=O) groups is 1. The lowest BCUT2D eigenvalue weighted by Gasteiger charge is -2.20. The smallest absolute Gasteiger partial charge is 0.407 e. The Bertz CT molecular complexity index is 765. The van der Waals surface area contributed by atoms with Crippen molar-refractivity contribution in [2.24, 2.45) is 4.99 Å². The van der Waals surface area contributed by atoms with Crippen LogP contribution in [0.4, 0.5) is 4.79 Å². The molecule has 1 amide bonds. The Balaban J connectivity index is 1.83. The number of hydrogen-bond acceptors (Lipinski definition) is 5. The number of guanidine groups is 1. The van der Waals surface area contributed by atoms with Gasteiger partial charge in [0.1, 0.15) is 11.7 Å². The lowest BCUT2D eigenvalue weighted by atomic mass is 10.2. The van der Waals surface area contributed by atoms with Gasteiger partial charge < -0.3 is 25.8 Å². The molecular weight excluding hydrogens is 376 g/mol. The van der Waals surface area contributed by atoms with Crippen LogP contribution in [0, 0.1) is 0 Å². The highest BCUT2D eigenvalue weighted by atomic mass is 32.1. The molecule has 0 aliphatic rings. The number of carbonyl (C=O) groups excluding carboxylic acids is 1. The van der Waals surface area contributed by atoms with Crippen molar-refractivity contribution >= 4 is 33.5 Å². The average Bonchev–Trinajstić information content (AvgIpc) is 3.05. The molecule has 4 N–H and O–H groups in total. The van der Waals surface area contributed by atoms with Gasteiger partial charge in [-0.1, -0.05) is 18.2 Å². The van der Waals surface area contributed by atoms with Crippen molar-refractivity contribution in [3.05, 3.63) is 35.2 Å². The van der Waals surface area contributed by atoms with Crippen LogP contribution in [0.25, 0.3) is 10.1 Å². The average molecular weight is 407 g/mol. The van der Waals surface area contributed by atoms with Gasteiger partial charge in [-0.15, -0.1) is 11.3 Å². The van der Waals surface area contributed by atoms with Crippen LogP contribution >= 0.6 is 11.3 Å². The van der Waals surface area contributed by atoms with E-state index in [9.17, 15) is 9.90 Å². The molecule has 7 nitrogen and oxygen atoms in total. The second-order valence-corrected chi connectivity index (χ2v) is 8.39. The maximum Gasteiger partial charge on any atom is 0.407 e. The van der Waals surface area contributed by atoms with E-state index in [1.807, 2.05) is 58.0 Å². The van der Waals surface area contributed by atoms with Crippen molar-refractivity contribution in [3.63, 3.8) is 0 Å². The Morgan fingerprint density at radius 1 is 1.21 bits per heavy atom. The van der Waals surface area contributed by atoms with Gasteiger partial charge in [-0.2, -0.15) is 0 Å². The van der Waals surface area contributed by atoms with Crippen LogP contribution in [0.3, 0.4) is 0 Å². The minimum absolute atomic E-state index is 0.252. The zero-order valence-electron chi connectivity index (χ0n) is 16.9. The van der Waals surface area contributed by atoms with Crippen LogP contribution in [0.1, 0.15) is 38.7 Å². The summed E-state index contributed by atoms with van der Waals surface area (Å²) in [7, 11) is 0. The summed E-state index contributed by atoms with van der Waals surface area (Å²) in [5.74, 6) is 0.591. The molecule has 0 spiro atoms. The third-order valence-corrected chi connectivity index (χ3v) is 4.84. The van der Waals surface area contributed by atoms with Gasteiger partial charge in [0, 0.05) is 29.2 Å². The van der Waals surface area contributed by atoms with Crippen molar-refractivity contribution in [3.8, 4) is 0 Å². The van der Waals surface area contributed by atoms with Gasteiger partial charge in [0.15, 0.2) is 5.96 Å². The molecule has 0 saturated carbocycles. The van der Waals surface area contributed by atoms with Crippen LogP contribution in [-0.4, -0.2) is 48.9 Å². The fraction of sp³-hybridized carbons (Fsp3) is 0.500. The molecule has 1 aromatic carbocycles. The van der Waals surface area contributed by atoms with E-state index in [1.54, 1.807) is 11.3 Å². The van der Waals surface area contributed by atoms with E-state index in [2.05, 4.69) is 20.9 Å². The van der Waals surface area contributed by atoms with Gasteiger partial charge in [-0.3, -0.25) is 4.99 Å². The first-order chi connectivity index (χ1) is 13.3. The van der Waals surface area contributed by atoms with E-state index in [0.29, 0.717) is 25.6 Å². The number of amides is 1. The number of aliphatic imine (C=N–C) groups is 1. The highest BCUT2D eigenvalue weighted by molar-refractivity contribution is 7.19. The summed E-state index contributed by atoms with van der Waals surface area (Å²) in [4.78, 5) is 17.0. The molecule has 0 fully saturated rings. The molecule has 8 heteroatoms. The molecule has 1 heterocycles. The molecule has 1 aromatic heterocycles. The summed E-state index contributed by atoms with van der Waals surface area (Å²) in [6, 6.07) is 10.1. The largest absolute Gasteiger partial charge is 0.444 e. The van der Waals surface area contributed by atoms with Crippen LogP contribution < -0.4 is 16.0 Å². The van der Waals surface area contributed by atoms with Gasteiger partial charge in [-0.25, -0.2) is 4.79 Å². The summed E-state index contributed by atoms with van der Waals surface area (Å²) in [6.45, 7) is 9.28. The second-order valence-electron chi connectivity index (χ2n) is 7.28. The number of thiophene rings is 1. The van der Waals surface area contributed by atoms with Gasteiger partial charge >= 0.3 is 6.09 Å². The number of nitrogens with zero attached hydrogens (tertiary/aromatic N) is 1. The second kappa shape index (κ2) is 10.3. The Morgan fingerprint density at radius 3 is 2.61 bits per heavy atom. The lowest BCUT2D eigenvalue weighted by molar-refractivity contribution is 0.0529. The summed E-state index contributed by atoms with van der Waals surface area (Å²) < 4.78 is 6.34. The molecule has 0 radical (unpaired) electrons. The quantitative estimate of drug-likeness (QED) is 0.322. The van der Waals surface area contributed by atoms with Gasteiger partial charge in [-0.05, 0) is 45.2 Å². The molecule has 2 rings (SSSR count). The Labute approximate surface area is 170 Å². The molecule has 0 aliphatic carbocycles. The standard InChI is InChI=1S/C20H30N4O3S/c1-5-21-18(22-10-11-23-19(26)27-20(2,3)4)24-13-15(25)17-12-14-8-6-7-9-16(14)28-17/h6-9,12,15,25H,5,10-11,13H2,1-4H3,(H,23,26)(H2,21,22,24). The molecule has 1 atom stereocenters. The fourth-order valence-electron chi connectivity index (χ4n) is 2.44. The first-order valence-electron chi connectivity index (χ1n) is 9.44. The van der Waals surface area contributed by atoms with E-state index >= 15 is 0 Å². The zero-order valence-corrected chi connectivity index (χ0v) is 17.7.